The van der Waals surface area contributed by atoms with Crippen LogP contribution in [0.3, 0.4) is 0 Å². The van der Waals surface area contributed by atoms with Gasteiger partial charge in [-0.3, -0.25) is 4.68 Å². The highest BCUT2D eigenvalue weighted by Gasteiger charge is 2.30. The SMILES string of the molecule is CCCNCC1CCC(C)CC1c1cnn(C)c1. The number of hydrogen-bond donors (Lipinski definition) is 1. The van der Waals surface area contributed by atoms with Crippen molar-refractivity contribution in [1.82, 2.24) is 15.1 Å². The van der Waals surface area contributed by atoms with Crippen molar-refractivity contribution in [3.63, 3.8) is 0 Å². The zero-order valence-corrected chi connectivity index (χ0v) is 12.0. The average molecular weight is 249 g/mol. The third-order valence-electron chi connectivity index (χ3n) is 4.24. The van der Waals surface area contributed by atoms with Crippen LogP contribution in [0.5, 0.6) is 0 Å². The van der Waals surface area contributed by atoms with Crippen molar-refractivity contribution in [1.29, 1.82) is 0 Å². The fourth-order valence-corrected chi connectivity index (χ4v) is 3.19. The molecule has 3 unspecified atom stereocenters. The van der Waals surface area contributed by atoms with Gasteiger partial charge in [-0.2, -0.15) is 5.10 Å². The largest absolute Gasteiger partial charge is 0.316 e. The molecule has 1 aliphatic rings. The van der Waals surface area contributed by atoms with E-state index < -0.39 is 0 Å². The molecule has 1 aromatic rings. The lowest BCUT2D eigenvalue weighted by Crippen LogP contribution is -2.31. The van der Waals surface area contributed by atoms with Crippen molar-refractivity contribution in [3.8, 4) is 0 Å². The fourth-order valence-electron chi connectivity index (χ4n) is 3.19. The topological polar surface area (TPSA) is 29.9 Å². The summed E-state index contributed by atoms with van der Waals surface area (Å²) in [5.41, 5.74) is 1.44. The Balaban J connectivity index is 2.01. The molecular formula is C15H27N3. The van der Waals surface area contributed by atoms with Crippen LogP contribution in [0, 0.1) is 11.8 Å². The standard InChI is InChI=1S/C15H27N3/c1-4-7-16-9-13-6-5-12(2)8-15(13)14-10-17-18(3)11-14/h10-13,15-16H,4-9H2,1-3H3. The Bertz CT molecular complexity index is 358. The number of nitrogens with zero attached hydrogens (tertiary/aromatic N) is 2. The van der Waals surface area contributed by atoms with Crippen LogP contribution < -0.4 is 5.32 Å². The van der Waals surface area contributed by atoms with Gasteiger partial charge in [0.05, 0.1) is 6.20 Å². The molecule has 0 aromatic carbocycles. The lowest BCUT2D eigenvalue weighted by molar-refractivity contribution is 0.242. The van der Waals surface area contributed by atoms with E-state index in [1.165, 1.54) is 37.8 Å². The Hall–Kier alpha value is -0.830. The molecule has 0 spiro atoms. The summed E-state index contributed by atoms with van der Waals surface area (Å²) in [6, 6.07) is 0. The summed E-state index contributed by atoms with van der Waals surface area (Å²) in [5.74, 6) is 2.35. The van der Waals surface area contributed by atoms with Crippen LogP contribution in [-0.2, 0) is 7.05 Å². The van der Waals surface area contributed by atoms with E-state index in [4.69, 9.17) is 0 Å². The van der Waals surface area contributed by atoms with Crippen LogP contribution in [0.15, 0.2) is 12.4 Å². The normalized spacial score (nSPS) is 28.5. The lowest BCUT2D eigenvalue weighted by Gasteiger charge is -2.34. The third kappa shape index (κ3) is 3.35. The molecule has 1 saturated carbocycles. The number of aryl methyl sites for hydroxylation is 1. The van der Waals surface area contributed by atoms with E-state index in [-0.39, 0.29) is 0 Å². The average Bonchev–Trinajstić information content (AvgIpc) is 2.78. The predicted molar refractivity (Wildman–Crippen MR) is 75.6 cm³/mol. The molecule has 102 valence electrons. The zero-order valence-electron chi connectivity index (χ0n) is 12.0. The second-order valence-corrected chi connectivity index (χ2v) is 5.94. The maximum absolute atomic E-state index is 4.34. The van der Waals surface area contributed by atoms with Crippen molar-refractivity contribution in [2.45, 2.75) is 45.4 Å². The fraction of sp³-hybridized carbons (Fsp3) is 0.800. The maximum Gasteiger partial charge on any atom is 0.0524 e. The second-order valence-electron chi connectivity index (χ2n) is 5.94. The molecule has 3 atom stereocenters. The molecule has 0 bridgehead atoms. The highest BCUT2D eigenvalue weighted by molar-refractivity contribution is 5.14. The summed E-state index contributed by atoms with van der Waals surface area (Å²) in [4.78, 5) is 0. The van der Waals surface area contributed by atoms with Gasteiger partial charge in [-0.1, -0.05) is 20.3 Å². The monoisotopic (exact) mass is 249 g/mol. The molecule has 2 rings (SSSR count). The smallest absolute Gasteiger partial charge is 0.0524 e. The van der Waals surface area contributed by atoms with E-state index in [1.807, 2.05) is 11.7 Å². The Labute approximate surface area is 111 Å². The minimum absolute atomic E-state index is 0.701. The van der Waals surface area contributed by atoms with Crippen molar-refractivity contribution < 1.29 is 0 Å². The lowest BCUT2D eigenvalue weighted by atomic mass is 9.72. The minimum Gasteiger partial charge on any atom is -0.316 e. The Morgan fingerprint density at radius 2 is 2.28 bits per heavy atom. The molecule has 0 amide bonds. The summed E-state index contributed by atoms with van der Waals surface area (Å²) in [7, 11) is 2.01. The summed E-state index contributed by atoms with van der Waals surface area (Å²) in [5, 5.41) is 7.94. The van der Waals surface area contributed by atoms with E-state index in [2.05, 4.69) is 36.7 Å². The summed E-state index contributed by atoms with van der Waals surface area (Å²) < 4.78 is 1.94. The first kappa shape index (κ1) is 13.6. The molecule has 0 saturated heterocycles. The van der Waals surface area contributed by atoms with Gasteiger partial charge in [-0.05, 0) is 55.7 Å². The summed E-state index contributed by atoms with van der Waals surface area (Å²) in [6.07, 6.45) is 9.56. The van der Waals surface area contributed by atoms with E-state index in [9.17, 15) is 0 Å². The van der Waals surface area contributed by atoms with Gasteiger partial charge in [0.15, 0.2) is 0 Å². The predicted octanol–water partition coefficient (Wildman–Crippen LogP) is 2.94. The van der Waals surface area contributed by atoms with Crippen LogP contribution in [0.2, 0.25) is 0 Å². The molecule has 3 heteroatoms. The van der Waals surface area contributed by atoms with Gasteiger partial charge in [-0.15, -0.1) is 0 Å². The van der Waals surface area contributed by atoms with Gasteiger partial charge in [0, 0.05) is 13.2 Å². The first-order chi connectivity index (χ1) is 8.70. The molecular weight excluding hydrogens is 222 g/mol. The molecule has 1 aliphatic carbocycles. The molecule has 0 aliphatic heterocycles. The Kier molecular flexibility index (Phi) is 4.81. The van der Waals surface area contributed by atoms with Gasteiger partial charge in [0.2, 0.25) is 0 Å². The van der Waals surface area contributed by atoms with Crippen LogP contribution in [0.25, 0.3) is 0 Å². The zero-order chi connectivity index (χ0) is 13.0. The van der Waals surface area contributed by atoms with E-state index in [0.717, 1.165) is 18.4 Å². The number of rotatable bonds is 5. The molecule has 18 heavy (non-hydrogen) atoms. The Morgan fingerprint density at radius 3 is 2.94 bits per heavy atom. The quantitative estimate of drug-likeness (QED) is 0.813. The minimum atomic E-state index is 0.701. The summed E-state index contributed by atoms with van der Waals surface area (Å²) in [6.45, 7) is 6.93. The van der Waals surface area contributed by atoms with Gasteiger partial charge in [0.1, 0.15) is 0 Å². The summed E-state index contributed by atoms with van der Waals surface area (Å²) >= 11 is 0. The first-order valence-corrected chi connectivity index (χ1v) is 7.40. The van der Waals surface area contributed by atoms with Crippen molar-refractivity contribution in [2.75, 3.05) is 13.1 Å². The van der Waals surface area contributed by atoms with Crippen molar-refractivity contribution in [3.05, 3.63) is 18.0 Å². The van der Waals surface area contributed by atoms with Crippen molar-refractivity contribution >= 4 is 0 Å². The van der Waals surface area contributed by atoms with Gasteiger partial charge >= 0.3 is 0 Å². The number of nitrogens with one attached hydrogen (secondary N) is 1. The van der Waals surface area contributed by atoms with E-state index in [0.29, 0.717) is 5.92 Å². The molecule has 1 fully saturated rings. The first-order valence-electron chi connectivity index (χ1n) is 7.40. The highest BCUT2D eigenvalue weighted by Crippen LogP contribution is 2.39. The number of aromatic nitrogens is 2. The molecule has 3 nitrogen and oxygen atoms in total. The van der Waals surface area contributed by atoms with Gasteiger partial charge in [-0.25, -0.2) is 0 Å². The van der Waals surface area contributed by atoms with E-state index >= 15 is 0 Å². The van der Waals surface area contributed by atoms with Crippen LogP contribution in [0.4, 0.5) is 0 Å². The van der Waals surface area contributed by atoms with Crippen LogP contribution in [0.1, 0.15) is 51.0 Å². The van der Waals surface area contributed by atoms with Crippen LogP contribution >= 0.6 is 0 Å². The van der Waals surface area contributed by atoms with Crippen LogP contribution in [-0.4, -0.2) is 22.9 Å². The van der Waals surface area contributed by atoms with Gasteiger partial charge < -0.3 is 5.32 Å². The van der Waals surface area contributed by atoms with E-state index in [1.54, 1.807) is 0 Å². The highest BCUT2D eigenvalue weighted by atomic mass is 15.2. The Morgan fingerprint density at radius 1 is 1.44 bits per heavy atom. The maximum atomic E-state index is 4.34. The molecule has 0 radical (unpaired) electrons. The molecule has 1 aromatic heterocycles. The van der Waals surface area contributed by atoms with Crippen molar-refractivity contribution in [2.24, 2.45) is 18.9 Å². The number of hydrogen-bond acceptors (Lipinski definition) is 2. The second kappa shape index (κ2) is 6.37. The van der Waals surface area contributed by atoms with Gasteiger partial charge in [0.25, 0.3) is 0 Å². The molecule has 1 heterocycles. The molecule has 1 N–H and O–H groups in total. The third-order valence-corrected chi connectivity index (χ3v) is 4.24.